The largest absolute Gasteiger partial charge is 0.351 e. The lowest BCUT2D eigenvalue weighted by molar-refractivity contribution is 0.175. The molecule has 2 aliphatic rings. The SMILES string of the molecule is Cc1cn(C)nc1-c1cc(C#N)ccc1-c1cc(C2CC2)nc(-n2cnc3cc(CN4CCC[C@H](C)C4)[nH]c3c2=O)c1. The van der Waals surface area contributed by atoms with Gasteiger partial charge in [0.2, 0.25) is 0 Å². The second-order valence-corrected chi connectivity index (χ2v) is 12.1. The van der Waals surface area contributed by atoms with Gasteiger partial charge in [-0.05, 0) is 92.1 Å². The molecule has 4 aromatic heterocycles. The summed E-state index contributed by atoms with van der Waals surface area (Å²) in [5.74, 6) is 1.61. The number of rotatable bonds is 6. The van der Waals surface area contributed by atoms with Gasteiger partial charge in [-0.3, -0.25) is 14.4 Å². The Morgan fingerprint density at radius 1 is 1.12 bits per heavy atom. The van der Waals surface area contributed by atoms with E-state index < -0.39 is 0 Å². The van der Waals surface area contributed by atoms with E-state index >= 15 is 0 Å². The maximum absolute atomic E-state index is 13.8. The highest BCUT2D eigenvalue weighted by Gasteiger charge is 2.27. The Kier molecular flexibility index (Phi) is 6.51. The number of aryl methyl sites for hydroxylation is 2. The Bertz CT molecular complexity index is 1920. The molecule has 212 valence electrons. The summed E-state index contributed by atoms with van der Waals surface area (Å²) in [6.45, 7) is 7.26. The van der Waals surface area contributed by atoms with Gasteiger partial charge in [-0.15, -0.1) is 0 Å². The number of fused-ring (bicyclic) bond motifs is 1. The van der Waals surface area contributed by atoms with Crippen molar-refractivity contribution >= 4 is 11.0 Å². The molecule has 1 saturated carbocycles. The molecular formula is C33H34N8O. The predicted octanol–water partition coefficient (Wildman–Crippen LogP) is 5.47. The molecule has 0 radical (unpaired) electrons. The van der Waals surface area contributed by atoms with Gasteiger partial charge in [0.1, 0.15) is 17.7 Å². The minimum absolute atomic E-state index is 0.162. The minimum Gasteiger partial charge on any atom is -0.351 e. The summed E-state index contributed by atoms with van der Waals surface area (Å²) in [6, 6.07) is 14.0. The number of nitrogens with zero attached hydrogens (tertiary/aromatic N) is 7. The molecule has 0 amide bonds. The van der Waals surface area contributed by atoms with Crippen molar-refractivity contribution in [1.29, 1.82) is 5.26 Å². The number of aromatic nitrogens is 6. The van der Waals surface area contributed by atoms with Crippen molar-refractivity contribution in [1.82, 2.24) is 34.2 Å². The van der Waals surface area contributed by atoms with Crippen LogP contribution >= 0.6 is 0 Å². The Morgan fingerprint density at radius 3 is 2.71 bits per heavy atom. The third-order valence-corrected chi connectivity index (χ3v) is 8.53. The fraction of sp³-hybridized carbons (Fsp3) is 0.364. The standard InChI is InChI=1S/C33H34N8O/c1-20-5-4-10-40(16-20)18-25-14-29-32(36-25)33(42)41(19-35-29)30-13-24(12-28(37-30)23-7-8-23)26-9-6-22(15-34)11-27(26)31-21(2)17-39(3)38-31/h6,9,11-14,17,19-20,23,36H,4-5,7-8,10,16,18H2,1-3H3/t20-/m0/s1. The fourth-order valence-electron chi connectivity index (χ4n) is 6.31. The predicted molar refractivity (Wildman–Crippen MR) is 162 cm³/mol. The lowest BCUT2D eigenvalue weighted by atomic mass is 9.94. The second-order valence-electron chi connectivity index (χ2n) is 12.1. The van der Waals surface area contributed by atoms with Gasteiger partial charge < -0.3 is 4.98 Å². The maximum Gasteiger partial charge on any atom is 0.283 e. The number of hydrogen-bond donors (Lipinski definition) is 1. The van der Waals surface area contributed by atoms with E-state index in [1.54, 1.807) is 15.6 Å². The average molecular weight is 559 g/mol. The molecule has 1 N–H and O–H groups in total. The van der Waals surface area contributed by atoms with Crippen molar-refractivity contribution in [3.63, 3.8) is 0 Å². The van der Waals surface area contributed by atoms with Crippen LogP contribution in [0.1, 0.15) is 61.0 Å². The molecule has 7 rings (SSSR count). The summed E-state index contributed by atoms with van der Waals surface area (Å²) in [7, 11) is 1.90. The first kappa shape index (κ1) is 26.4. The summed E-state index contributed by atoms with van der Waals surface area (Å²) in [6.07, 6.45) is 8.21. The average Bonchev–Trinajstić information content (AvgIpc) is 3.67. The van der Waals surface area contributed by atoms with Crippen molar-refractivity contribution in [3.05, 3.63) is 81.8 Å². The number of likely N-dealkylation sites (tertiary alicyclic amines) is 1. The molecule has 2 fully saturated rings. The number of nitrogens with one attached hydrogen (secondary N) is 1. The topological polar surface area (TPSA) is 108 Å². The number of benzene rings is 1. The van der Waals surface area contributed by atoms with Crippen LogP contribution in [0.15, 0.2) is 53.7 Å². The van der Waals surface area contributed by atoms with E-state index in [0.29, 0.717) is 34.3 Å². The van der Waals surface area contributed by atoms with Crippen LogP contribution < -0.4 is 5.56 Å². The minimum atomic E-state index is -0.162. The molecule has 5 aromatic rings. The van der Waals surface area contributed by atoms with Crippen molar-refractivity contribution in [3.8, 4) is 34.3 Å². The van der Waals surface area contributed by atoms with Crippen LogP contribution in [0.5, 0.6) is 0 Å². The molecule has 42 heavy (non-hydrogen) atoms. The summed E-state index contributed by atoms with van der Waals surface area (Å²) in [5, 5.41) is 14.4. The van der Waals surface area contributed by atoms with E-state index in [9.17, 15) is 10.1 Å². The summed E-state index contributed by atoms with van der Waals surface area (Å²) >= 11 is 0. The maximum atomic E-state index is 13.8. The molecule has 1 aliphatic carbocycles. The van der Waals surface area contributed by atoms with E-state index in [1.807, 2.05) is 50.5 Å². The Labute approximate surface area is 244 Å². The van der Waals surface area contributed by atoms with Gasteiger partial charge in [0, 0.05) is 49.2 Å². The zero-order chi connectivity index (χ0) is 29.0. The van der Waals surface area contributed by atoms with Crippen LogP contribution in [0.3, 0.4) is 0 Å². The highest BCUT2D eigenvalue weighted by atomic mass is 16.1. The van der Waals surface area contributed by atoms with Gasteiger partial charge in [-0.1, -0.05) is 13.0 Å². The van der Waals surface area contributed by atoms with Crippen LogP contribution in [0.25, 0.3) is 39.2 Å². The molecular weight excluding hydrogens is 524 g/mol. The van der Waals surface area contributed by atoms with Crippen LogP contribution in [0, 0.1) is 24.2 Å². The zero-order valence-electron chi connectivity index (χ0n) is 24.3. The fourth-order valence-corrected chi connectivity index (χ4v) is 6.31. The van der Waals surface area contributed by atoms with Crippen molar-refractivity contribution in [2.75, 3.05) is 13.1 Å². The van der Waals surface area contributed by atoms with Crippen LogP contribution in [0.2, 0.25) is 0 Å². The molecule has 1 aliphatic heterocycles. The highest BCUT2D eigenvalue weighted by Crippen LogP contribution is 2.42. The lowest BCUT2D eigenvalue weighted by Crippen LogP contribution is -2.33. The van der Waals surface area contributed by atoms with E-state index in [-0.39, 0.29) is 5.56 Å². The van der Waals surface area contributed by atoms with Crippen molar-refractivity contribution in [2.24, 2.45) is 13.0 Å². The molecule has 0 bridgehead atoms. The Balaban J connectivity index is 1.32. The normalized spacial score (nSPS) is 17.5. The number of pyridine rings is 1. The van der Waals surface area contributed by atoms with Gasteiger partial charge >= 0.3 is 0 Å². The molecule has 9 nitrogen and oxygen atoms in total. The molecule has 0 unspecified atom stereocenters. The number of nitriles is 1. The monoisotopic (exact) mass is 558 g/mol. The summed E-state index contributed by atoms with van der Waals surface area (Å²) in [5.41, 5.74) is 8.18. The molecule has 5 heterocycles. The third kappa shape index (κ3) is 4.92. The lowest BCUT2D eigenvalue weighted by Gasteiger charge is -2.30. The smallest absolute Gasteiger partial charge is 0.283 e. The number of aromatic amines is 1. The van der Waals surface area contributed by atoms with Gasteiger partial charge in [0.15, 0.2) is 0 Å². The van der Waals surface area contributed by atoms with Gasteiger partial charge in [-0.25, -0.2) is 14.5 Å². The Morgan fingerprint density at radius 2 is 1.98 bits per heavy atom. The van der Waals surface area contributed by atoms with Gasteiger partial charge in [-0.2, -0.15) is 10.4 Å². The highest BCUT2D eigenvalue weighted by molar-refractivity contribution is 5.85. The molecule has 1 saturated heterocycles. The first-order valence-corrected chi connectivity index (χ1v) is 14.8. The first-order valence-electron chi connectivity index (χ1n) is 14.8. The zero-order valence-corrected chi connectivity index (χ0v) is 24.3. The van der Waals surface area contributed by atoms with Crippen molar-refractivity contribution < 1.29 is 0 Å². The number of hydrogen-bond acceptors (Lipinski definition) is 6. The first-order chi connectivity index (χ1) is 20.4. The molecule has 0 spiro atoms. The Hall–Kier alpha value is -4.55. The van der Waals surface area contributed by atoms with E-state index in [0.717, 1.165) is 71.8 Å². The van der Waals surface area contributed by atoms with E-state index in [4.69, 9.17) is 10.1 Å². The van der Waals surface area contributed by atoms with Gasteiger partial charge in [0.05, 0.1) is 22.8 Å². The van der Waals surface area contributed by atoms with Crippen molar-refractivity contribution in [2.45, 2.75) is 52.0 Å². The molecule has 1 aromatic carbocycles. The molecule has 1 atom stereocenters. The van der Waals surface area contributed by atoms with Crippen LogP contribution in [-0.2, 0) is 13.6 Å². The van der Waals surface area contributed by atoms with Crippen LogP contribution in [0.4, 0.5) is 0 Å². The third-order valence-electron chi connectivity index (χ3n) is 8.53. The quantitative estimate of drug-likeness (QED) is 0.296. The number of piperidine rings is 1. The van der Waals surface area contributed by atoms with Crippen LogP contribution in [-0.4, -0.2) is 47.3 Å². The van der Waals surface area contributed by atoms with E-state index in [1.165, 1.54) is 12.8 Å². The van der Waals surface area contributed by atoms with E-state index in [2.05, 4.69) is 33.9 Å². The number of H-pyrrole nitrogens is 1. The summed E-state index contributed by atoms with van der Waals surface area (Å²) < 4.78 is 3.34. The second kappa shape index (κ2) is 10.4. The summed E-state index contributed by atoms with van der Waals surface area (Å²) in [4.78, 5) is 29.3. The van der Waals surface area contributed by atoms with Gasteiger partial charge in [0.25, 0.3) is 5.56 Å². The molecule has 9 heteroatoms.